The molecule has 0 aliphatic carbocycles. The number of nitrogens with zero attached hydrogens (tertiary/aromatic N) is 1. The molecule has 2 aromatic rings. The number of hydrogen-bond donors (Lipinski definition) is 3. The van der Waals surface area contributed by atoms with E-state index in [1.54, 1.807) is 24.3 Å². The van der Waals surface area contributed by atoms with E-state index >= 15 is 0 Å². The van der Waals surface area contributed by atoms with Gasteiger partial charge in [-0.15, -0.1) is 24.0 Å². The molecule has 0 aromatic heterocycles. The molecule has 3 N–H and O–H groups in total. The molecule has 0 unspecified atom stereocenters. The second kappa shape index (κ2) is 11.4. The smallest absolute Gasteiger partial charge is 0.191 e. The Morgan fingerprint density at radius 3 is 2.54 bits per heavy atom. The van der Waals surface area contributed by atoms with Crippen LogP contribution in [0.5, 0.6) is 11.5 Å². The maximum Gasteiger partial charge on any atom is 0.191 e. The van der Waals surface area contributed by atoms with Crippen LogP contribution in [0.2, 0.25) is 10.0 Å². The third-order valence-electron chi connectivity index (χ3n) is 3.47. The molecule has 0 amide bonds. The number of phenolic OH excluding ortho intramolecular Hbond substituents is 1. The minimum absolute atomic E-state index is 0. The highest BCUT2D eigenvalue weighted by Gasteiger charge is 2.05. The van der Waals surface area contributed by atoms with Gasteiger partial charge < -0.3 is 20.5 Å². The number of halogens is 3. The third kappa shape index (κ3) is 6.74. The predicted octanol–water partition coefficient (Wildman–Crippen LogP) is 4.58. The standard InChI is InChI=1S/C18H21Cl2N3O2.HI/c1-3-21-18(23-11-13-5-6-14(19)9-15(13)20)22-10-12-4-7-17(25-2)16(24)8-12;/h4-9,24H,3,10-11H2,1-2H3,(H2,21,22,23);1H. The summed E-state index contributed by atoms with van der Waals surface area (Å²) in [6, 6.07) is 10.6. The van der Waals surface area contributed by atoms with Crippen LogP contribution in [0.25, 0.3) is 0 Å². The largest absolute Gasteiger partial charge is 0.504 e. The number of nitrogens with one attached hydrogen (secondary N) is 2. The van der Waals surface area contributed by atoms with E-state index in [1.165, 1.54) is 7.11 Å². The van der Waals surface area contributed by atoms with Crippen LogP contribution < -0.4 is 15.4 Å². The lowest BCUT2D eigenvalue weighted by Crippen LogP contribution is -2.36. The van der Waals surface area contributed by atoms with Gasteiger partial charge in [0.15, 0.2) is 17.5 Å². The maximum atomic E-state index is 9.83. The van der Waals surface area contributed by atoms with Crippen LogP contribution >= 0.6 is 47.2 Å². The number of guanidine groups is 1. The number of aromatic hydroxyl groups is 1. The molecule has 0 fully saturated rings. The van der Waals surface area contributed by atoms with Crippen molar-refractivity contribution >= 4 is 53.1 Å². The summed E-state index contributed by atoms with van der Waals surface area (Å²) in [5.74, 6) is 1.19. The summed E-state index contributed by atoms with van der Waals surface area (Å²) in [7, 11) is 1.52. The summed E-state index contributed by atoms with van der Waals surface area (Å²) < 4.78 is 5.04. The zero-order chi connectivity index (χ0) is 18.2. The molecular formula is C18H22Cl2IN3O2. The van der Waals surface area contributed by atoms with Gasteiger partial charge in [0.2, 0.25) is 0 Å². The molecule has 2 aromatic carbocycles. The lowest BCUT2D eigenvalue weighted by Gasteiger charge is -2.12. The molecule has 8 heteroatoms. The molecule has 0 atom stereocenters. The fraction of sp³-hybridized carbons (Fsp3) is 0.278. The van der Waals surface area contributed by atoms with E-state index < -0.39 is 0 Å². The number of aliphatic imine (C=N–C) groups is 1. The summed E-state index contributed by atoms with van der Waals surface area (Å²) in [5.41, 5.74) is 1.80. The first kappa shape index (κ1) is 22.7. The summed E-state index contributed by atoms with van der Waals surface area (Å²) in [4.78, 5) is 4.52. The van der Waals surface area contributed by atoms with E-state index in [2.05, 4.69) is 15.6 Å². The second-order valence-electron chi connectivity index (χ2n) is 5.29. The maximum absolute atomic E-state index is 9.83. The zero-order valence-corrected chi connectivity index (χ0v) is 18.4. The number of hydrogen-bond acceptors (Lipinski definition) is 3. The SMILES string of the molecule is CCNC(=NCc1ccc(OC)c(O)c1)NCc1ccc(Cl)cc1Cl.I. The molecule has 0 saturated heterocycles. The Morgan fingerprint density at radius 1 is 1.15 bits per heavy atom. The number of methoxy groups -OCH3 is 1. The molecule has 0 heterocycles. The Hall–Kier alpha value is -1.38. The summed E-state index contributed by atoms with van der Waals surface area (Å²) in [5, 5.41) is 17.4. The van der Waals surface area contributed by atoms with Crippen molar-refractivity contribution in [3.05, 3.63) is 57.6 Å². The second-order valence-corrected chi connectivity index (χ2v) is 6.13. The average Bonchev–Trinajstić information content (AvgIpc) is 2.58. The lowest BCUT2D eigenvalue weighted by atomic mass is 10.2. The molecule has 0 radical (unpaired) electrons. The van der Waals surface area contributed by atoms with Crippen molar-refractivity contribution in [1.82, 2.24) is 10.6 Å². The topological polar surface area (TPSA) is 65.9 Å². The van der Waals surface area contributed by atoms with Gasteiger partial charge in [0, 0.05) is 23.1 Å². The monoisotopic (exact) mass is 509 g/mol. The predicted molar refractivity (Wildman–Crippen MR) is 118 cm³/mol. The highest BCUT2D eigenvalue weighted by molar-refractivity contribution is 14.0. The van der Waals surface area contributed by atoms with Crippen LogP contribution in [0.4, 0.5) is 0 Å². The average molecular weight is 510 g/mol. The number of phenols is 1. The van der Waals surface area contributed by atoms with E-state index in [0.717, 1.165) is 17.7 Å². The van der Waals surface area contributed by atoms with Crippen LogP contribution in [0.3, 0.4) is 0 Å². The van der Waals surface area contributed by atoms with Crippen LogP contribution in [-0.2, 0) is 13.1 Å². The fourth-order valence-corrected chi connectivity index (χ4v) is 2.67. The van der Waals surface area contributed by atoms with Crippen molar-refractivity contribution in [1.29, 1.82) is 0 Å². The third-order valence-corrected chi connectivity index (χ3v) is 4.06. The Balaban J connectivity index is 0.00000338. The molecule has 2 rings (SSSR count). The molecule has 5 nitrogen and oxygen atoms in total. The van der Waals surface area contributed by atoms with Crippen LogP contribution in [0.15, 0.2) is 41.4 Å². The van der Waals surface area contributed by atoms with E-state index in [-0.39, 0.29) is 29.7 Å². The van der Waals surface area contributed by atoms with Gasteiger partial charge in [-0.3, -0.25) is 0 Å². The quantitative estimate of drug-likeness (QED) is 0.303. The summed E-state index contributed by atoms with van der Waals surface area (Å²) in [6.07, 6.45) is 0. The first-order valence-electron chi connectivity index (χ1n) is 7.85. The van der Waals surface area contributed by atoms with Gasteiger partial charge in [-0.2, -0.15) is 0 Å². The van der Waals surface area contributed by atoms with Crippen molar-refractivity contribution in [2.24, 2.45) is 4.99 Å². The molecule has 0 aliphatic rings. The number of rotatable bonds is 6. The van der Waals surface area contributed by atoms with Crippen molar-refractivity contribution in [3.8, 4) is 11.5 Å². The highest BCUT2D eigenvalue weighted by atomic mass is 127. The van der Waals surface area contributed by atoms with Gasteiger partial charge in [-0.25, -0.2) is 4.99 Å². The molecule has 26 heavy (non-hydrogen) atoms. The highest BCUT2D eigenvalue weighted by Crippen LogP contribution is 2.26. The van der Waals surface area contributed by atoms with Gasteiger partial charge in [0.05, 0.1) is 13.7 Å². The first-order chi connectivity index (χ1) is 12.0. The molecule has 0 aliphatic heterocycles. The molecule has 0 bridgehead atoms. The molecule has 0 saturated carbocycles. The normalized spacial score (nSPS) is 10.8. The number of ether oxygens (including phenoxy) is 1. The van der Waals surface area contributed by atoms with Gasteiger partial charge in [-0.1, -0.05) is 35.3 Å². The minimum atomic E-state index is 0. The van der Waals surface area contributed by atoms with Crippen molar-refractivity contribution in [3.63, 3.8) is 0 Å². The first-order valence-corrected chi connectivity index (χ1v) is 8.61. The minimum Gasteiger partial charge on any atom is -0.504 e. The van der Waals surface area contributed by atoms with E-state index in [1.807, 2.05) is 19.1 Å². The van der Waals surface area contributed by atoms with Crippen LogP contribution in [-0.4, -0.2) is 24.7 Å². The lowest BCUT2D eigenvalue weighted by molar-refractivity contribution is 0.373. The summed E-state index contributed by atoms with van der Waals surface area (Å²) in [6.45, 7) is 3.66. The van der Waals surface area contributed by atoms with E-state index in [4.69, 9.17) is 27.9 Å². The Kier molecular flexibility index (Phi) is 9.90. The Bertz CT molecular complexity index is 757. The van der Waals surface area contributed by atoms with Gasteiger partial charge in [-0.05, 0) is 42.3 Å². The Labute approximate surface area is 180 Å². The van der Waals surface area contributed by atoms with Crippen LogP contribution in [0, 0.1) is 0 Å². The van der Waals surface area contributed by atoms with E-state index in [9.17, 15) is 5.11 Å². The van der Waals surface area contributed by atoms with Gasteiger partial charge >= 0.3 is 0 Å². The Morgan fingerprint density at radius 2 is 1.92 bits per heavy atom. The van der Waals surface area contributed by atoms with Crippen molar-refractivity contribution < 1.29 is 9.84 Å². The molecule has 0 spiro atoms. The fourth-order valence-electron chi connectivity index (χ4n) is 2.19. The summed E-state index contributed by atoms with van der Waals surface area (Å²) >= 11 is 12.1. The molecule has 142 valence electrons. The van der Waals surface area contributed by atoms with Crippen molar-refractivity contribution in [2.75, 3.05) is 13.7 Å². The number of benzene rings is 2. The molecular weight excluding hydrogens is 488 g/mol. The zero-order valence-electron chi connectivity index (χ0n) is 14.6. The van der Waals surface area contributed by atoms with Gasteiger partial charge in [0.1, 0.15) is 0 Å². The van der Waals surface area contributed by atoms with Crippen molar-refractivity contribution in [2.45, 2.75) is 20.0 Å². The van der Waals surface area contributed by atoms with Crippen LogP contribution in [0.1, 0.15) is 18.1 Å². The van der Waals surface area contributed by atoms with Gasteiger partial charge in [0.25, 0.3) is 0 Å². The van der Waals surface area contributed by atoms with E-state index in [0.29, 0.717) is 34.8 Å².